The summed E-state index contributed by atoms with van der Waals surface area (Å²) < 4.78 is 26.6. The highest BCUT2D eigenvalue weighted by Gasteiger charge is 2.35. The molecule has 1 atom stereocenters. The van der Waals surface area contributed by atoms with Crippen LogP contribution in [0.4, 0.5) is 11.4 Å². The van der Waals surface area contributed by atoms with Gasteiger partial charge in [0.2, 0.25) is 0 Å². The summed E-state index contributed by atoms with van der Waals surface area (Å²) in [4.78, 5) is 2.15. The highest BCUT2D eigenvalue weighted by Crippen LogP contribution is 2.35. The third-order valence-electron chi connectivity index (χ3n) is 3.63. The molecule has 2 rings (SSSR count). The van der Waals surface area contributed by atoms with Crippen molar-refractivity contribution in [3.8, 4) is 6.07 Å². The summed E-state index contributed by atoms with van der Waals surface area (Å²) in [5.74, 6) is 0. The third kappa shape index (κ3) is 2.34. The molecule has 0 bridgehead atoms. The summed E-state index contributed by atoms with van der Waals surface area (Å²) in [5, 5.41) is 8.09. The molecule has 1 aliphatic heterocycles. The third-order valence-corrected chi connectivity index (χ3v) is 5.78. The molecule has 1 aliphatic rings. The van der Waals surface area contributed by atoms with Crippen molar-refractivity contribution >= 4 is 21.4 Å². The van der Waals surface area contributed by atoms with Crippen LogP contribution >= 0.6 is 0 Å². The number of hydrogen-bond acceptors (Lipinski definition) is 4. The van der Waals surface area contributed by atoms with Crippen molar-refractivity contribution < 1.29 is 8.42 Å². The van der Waals surface area contributed by atoms with Gasteiger partial charge in [-0.15, -0.1) is 0 Å². The fraction of sp³-hybridized carbons (Fsp3) is 0.500. The van der Waals surface area contributed by atoms with Crippen molar-refractivity contribution in [3.63, 3.8) is 0 Å². The predicted molar refractivity (Wildman–Crippen MR) is 80.3 cm³/mol. The van der Waals surface area contributed by atoms with Gasteiger partial charge in [-0.2, -0.15) is 5.26 Å². The van der Waals surface area contributed by atoms with E-state index in [1.807, 2.05) is 31.2 Å². The molecule has 0 aliphatic carbocycles. The average molecular weight is 293 g/mol. The number of likely N-dealkylation sites (N-methyl/N-ethyl adjacent to an activating group) is 1. The fourth-order valence-corrected chi connectivity index (χ4v) is 4.14. The first-order valence-electron chi connectivity index (χ1n) is 6.81. The quantitative estimate of drug-likeness (QED) is 0.851. The van der Waals surface area contributed by atoms with Gasteiger partial charge in [-0.05, 0) is 25.5 Å². The van der Waals surface area contributed by atoms with Gasteiger partial charge in [0.1, 0.15) is 0 Å². The number of sulfonamides is 1. The number of hydrogen-bond donors (Lipinski definition) is 0. The normalized spacial score (nSPS) is 16.4. The summed E-state index contributed by atoms with van der Waals surface area (Å²) in [7, 11) is -3.62. The molecule has 0 spiro atoms. The van der Waals surface area contributed by atoms with E-state index >= 15 is 0 Å². The molecule has 1 heterocycles. The van der Waals surface area contributed by atoms with Crippen molar-refractivity contribution in [1.82, 2.24) is 0 Å². The van der Waals surface area contributed by atoms with Crippen molar-refractivity contribution in [1.29, 1.82) is 5.26 Å². The SMILES string of the molecule is CCC(C#N)S(=O)(=O)N1CCN(CC)c2ccccc21. The molecular weight excluding hydrogens is 274 g/mol. The zero-order valence-electron chi connectivity index (χ0n) is 11.8. The molecule has 0 radical (unpaired) electrons. The van der Waals surface area contributed by atoms with Gasteiger partial charge in [0, 0.05) is 13.1 Å². The van der Waals surface area contributed by atoms with Crippen LogP contribution in [0.5, 0.6) is 0 Å². The summed E-state index contributed by atoms with van der Waals surface area (Å²) in [6, 6.07) is 9.36. The van der Waals surface area contributed by atoms with E-state index < -0.39 is 15.3 Å². The molecule has 0 fully saturated rings. The number of nitrogens with zero attached hydrogens (tertiary/aromatic N) is 3. The number of benzene rings is 1. The molecule has 5 nitrogen and oxygen atoms in total. The Labute approximate surface area is 120 Å². The van der Waals surface area contributed by atoms with Gasteiger partial charge >= 0.3 is 0 Å². The lowest BCUT2D eigenvalue weighted by atomic mass is 10.2. The Hall–Kier alpha value is -1.74. The first kappa shape index (κ1) is 14.7. The maximum atomic E-state index is 12.6. The lowest BCUT2D eigenvalue weighted by Crippen LogP contribution is -2.47. The van der Waals surface area contributed by atoms with Crippen molar-refractivity contribution in [2.75, 3.05) is 28.8 Å². The van der Waals surface area contributed by atoms with E-state index in [0.29, 0.717) is 25.2 Å². The van der Waals surface area contributed by atoms with Gasteiger partial charge in [0.05, 0.1) is 24.0 Å². The van der Waals surface area contributed by atoms with Gasteiger partial charge in [-0.3, -0.25) is 4.31 Å². The number of para-hydroxylation sites is 2. The summed E-state index contributed by atoms with van der Waals surface area (Å²) in [6.45, 7) is 5.64. The molecule has 1 aromatic rings. The smallest absolute Gasteiger partial charge is 0.251 e. The van der Waals surface area contributed by atoms with Crippen LogP contribution in [-0.4, -0.2) is 33.3 Å². The van der Waals surface area contributed by atoms with Gasteiger partial charge in [0.25, 0.3) is 10.0 Å². The molecule has 1 unspecified atom stereocenters. The molecular formula is C14H19N3O2S. The van der Waals surface area contributed by atoms with Gasteiger partial charge in [-0.1, -0.05) is 19.1 Å². The summed E-state index contributed by atoms with van der Waals surface area (Å²) >= 11 is 0. The minimum atomic E-state index is -3.62. The van der Waals surface area contributed by atoms with Gasteiger partial charge < -0.3 is 4.90 Å². The minimum Gasteiger partial charge on any atom is -0.368 e. The molecule has 0 saturated heterocycles. The van der Waals surface area contributed by atoms with E-state index in [1.165, 1.54) is 4.31 Å². The van der Waals surface area contributed by atoms with E-state index in [1.54, 1.807) is 13.0 Å². The first-order chi connectivity index (χ1) is 9.56. The Morgan fingerprint density at radius 2 is 1.90 bits per heavy atom. The topological polar surface area (TPSA) is 64.4 Å². The van der Waals surface area contributed by atoms with Crippen LogP contribution in [0.3, 0.4) is 0 Å². The molecule has 20 heavy (non-hydrogen) atoms. The molecule has 0 amide bonds. The second kappa shape index (κ2) is 5.71. The summed E-state index contributed by atoms with van der Waals surface area (Å²) in [5.41, 5.74) is 1.59. The average Bonchev–Trinajstić information content (AvgIpc) is 2.46. The first-order valence-corrected chi connectivity index (χ1v) is 8.31. The maximum absolute atomic E-state index is 12.6. The van der Waals surface area contributed by atoms with Crippen LogP contribution in [-0.2, 0) is 10.0 Å². The van der Waals surface area contributed by atoms with Crippen LogP contribution in [0.2, 0.25) is 0 Å². The second-order valence-corrected chi connectivity index (χ2v) is 6.75. The molecule has 0 saturated carbocycles. The summed E-state index contributed by atoms with van der Waals surface area (Å²) in [6.07, 6.45) is 0.301. The largest absolute Gasteiger partial charge is 0.368 e. The van der Waals surface area contributed by atoms with Crippen LogP contribution < -0.4 is 9.21 Å². The zero-order chi connectivity index (χ0) is 14.8. The standard InChI is InChI=1S/C14H19N3O2S/c1-3-12(11-15)20(18,19)17-10-9-16(4-2)13-7-5-6-8-14(13)17/h5-8,12H,3-4,9-10H2,1-2H3. The van der Waals surface area contributed by atoms with Crippen LogP contribution in [0, 0.1) is 11.3 Å². The molecule has 108 valence electrons. The zero-order valence-corrected chi connectivity index (χ0v) is 12.6. The Morgan fingerprint density at radius 1 is 1.25 bits per heavy atom. The highest BCUT2D eigenvalue weighted by molar-refractivity contribution is 7.93. The Kier molecular flexibility index (Phi) is 4.19. The Bertz CT molecular complexity index is 622. The Morgan fingerprint density at radius 3 is 2.45 bits per heavy atom. The minimum absolute atomic E-state index is 0.301. The highest BCUT2D eigenvalue weighted by atomic mass is 32.2. The van der Waals surface area contributed by atoms with Gasteiger partial charge in [0.15, 0.2) is 5.25 Å². The Balaban J connectivity index is 2.48. The molecule has 0 aromatic heterocycles. The predicted octanol–water partition coefficient (Wildman–Crippen LogP) is 1.96. The van der Waals surface area contributed by atoms with Crippen LogP contribution in [0.1, 0.15) is 20.3 Å². The lowest BCUT2D eigenvalue weighted by molar-refractivity contribution is 0.580. The van der Waals surface area contributed by atoms with E-state index in [9.17, 15) is 8.42 Å². The monoisotopic (exact) mass is 293 g/mol. The van der Waals surface area contributed by atoms with E-state index in [2.05, 4.69) is 4.90 Å². The van der Waals surface area contributed by atoms with E-state index in [4.69, 9.17) is 5.26 Å². The number of fused-ring (bicyclic) bond motifs is 1. The second-order valence-electron chi connectivity index (χ2n) is 4.71. The molecule has 6 heteroatoms. The fourth-order valence-electron chi connectivity index (χ4n) is 2.51. The van der Waals surface area contributed by atoms with E-state index in [-0.39, 0.29) is 0 Å². The van der Waals surface area contributed by atoms with Crippen LogP contribution in [0.15, 0.2) is 24.3 Å². The van der Waals surface area contributed by atoms with Crippen molar-refractivity contribution in [2.45, 2.75) is 25.5 Å². The lowest BCUT2D eigenvalue weighted by Gasteiger charge is -2.38. The number of anilines is 2. The number of rotatable bonds is 4. The van der Waals surface area contributed by atoms with Crippen molar-refractivity contribution in [2.24, 2.45) is 0 Å². The van der Waals surface area contributed by atoms with E-state index in [0.717, 1.165) is 12.2 Å². The molecule has 0 N–H and O–H groups in total. The number of nitriles is 1. The maximum Gasteiger partial charge on any atom is 0.251 e. The molecule has 1 aromatic carbocycles. The van der Waals surface area contributed by atoms with Crippen LogP contribution in [0.25, 0.3) is 0 Å². The van der Waals surface area contributed by atoms with Gasteiger partial charge in [-0.25, -0.2) is 8.42 Å². The van der Waals surface area contributed by atoms with Crippen molar-refractivity contribution in [3.05, 3.63) is 24.3 Å².